The summed E-state index contributed by atoms with van der Waals surface area (Å²) in [6.45, 7) is 0. The number of nitro groups is 1. The van der Waals surface area contributed by atoms with Gasteiger partial charge in [0.15, 0.2) is 0 Å². The van der Waals surface area contributed by atoms with E-state index in [0.717, 1.165) is 6.07 Å². The summed E-state index contributed by atoms with van der Waals surface area (Å²) in [6.07, 6.45) is 2.67. The summed E-state index contributed by atoms with van der Waals surface area (Å²) in [5.74, 6) is -1.38. The van der Waals surface area contributed by atoms with Crippen molar-refractivity contribution in [3.63, 3.8) is 0 Å². The van der Waals surface area contributed by atoms with Crippen molar-refractivity contribution < 1.29 is 18.8 Å². The van der Waals surface area contributed by atoms with Crippen molar-refractivity contribution in [2.75, 3.05) is 7.11 Å². The number of ether oxygens (including phenoxy) is 1. The predicted molar refractivity (Wildman–Crippen MR) is 58.7 cm³/mol. The van der Waals surface area contributed by atoms with Crippen molar-refractivity contribution in [3.05, 3.63) is 45.8 Å². The van der Waals surface area contributed by atoms with Crippen LogP contribution in [0.3, 0.4) is 0 Å². The van der Waals surface area contributed by atoms with E-state index in [0.29, 0.717) is 0 Å². The van der Waals surface area contributed by atoms with Crippen LogP contribution in [0.2, 0.25) is 0 Å². The molecule has 0 aromatic heterocycles. The third kappa shape index (κ3) is 3.37. The molecule has 0 spiro atoms. The fourth-order valence-corrected chi connectivity index (χ4v) is 1.17. The van der Waals surface area contributed by atoms with Crippen molar-refractivity contribution in [2.45, 2.75) is 6.42 Å². The van der Waals surface area contributed by atoms with Crippen LogP contribution in [-0.4, -0.2) is 18.0 Å². The molecule has 1 aromatic rings. The monoisotopic (exact) mass is 239 g/mol. The minimum atomic E-state index is -0.918. The number of carbonyl (C=O) groups is 1. The number of benzene rings is 1. The Bertz CT molecular complexity index is 471. The number of carbonyl (C=O) groups excluding carboxylic acids is 1. The highest BCUT2D eigenvalue weighted by Gasteiger charge is 2.15. The number of rotatable bonds is 4. The highest BCUT2D eigenvalue weighted by atomic mass is 19.1. The summed E-state index contributed by atoms with van der Waals surface area (Å²) < 4.78 is 17.9. The van der Waals surface area contributed by atoms with Gasteiger partial charge in [-0.3, -0.25) is 14.9 Å². The van der Waals surface area contributed by atoms with Gasteiger partial charge in [-0.25, -0.2) is 0 Å². The van der Waals surface area contributed by atoms with Gasteiger partial charge in [0, 0.05) is 11.6 Å². The Kier molecular flexibility index (Phi) is 4.33. The molecule has 17 heavy (non-hydrogen) atoms. The molecule has 90 valence electrons. The molecule has 5 nitrogen and oxygen atoms in total. The molecule has 0 saturated heterocycles. The van der Waals surface area contributed by atoms with E-state index in [1.807, 2.05) is 0 Å². The van der Waals surface area contributed by atoms with Gasteiger partial charge in [0.05, 0.1) is 18.5 Å². The van der Waals surface area contributed by atoms with Gasteiger partial charge in [-0.2, -0.15) is 4.39 Å². The fraction of sp³-hybridized carbons (Fsp3) is 0.182. The Morgan fingerprint density at radius 3 is 2.88 bits per heavy atom. The van der Waals surface area contributed by atoms with E-state index < -0.39 is 22.4 Å². The molecule has 0 radical (unpaired) electrons. The summed E-state index contributed by atoms with van der Waals surface area (Å²) in [5, 5.41) is 10.5. The maximum absolute atomic E-state index is 13.5. The first-order valence-corrected chi connectivity index (χ1v) is 4.72. The molecular weight excluding hydrogens is 229 g/mol. The van der Waals surface area contributed by atoms with Crippen LogP contribution in [0.4, 0.5) is 10.1 Å². The van der Waals surface area contributed by atoms with Crippen LogP contribution in [0.5, 0.6) is 0 Å². The highest BCUT2D eigenvalue weighted by Crippen LogP contribution is 2.21. The number of methoxy groups -OCH3 is 1. The molecule has 0 N–H and O–H groups in total. The minimum Gasteiger partial charge on any atom is -0.469 e. The second-order valence-electron chi connectivity index (χ2n) is 3.12. The van der Waals surface area contributed by atoms with Gasteiger partial charge in [-0.15, -0.1) is 0 Å². The molecule has 0 fully saturated rings. The van der Waals surface area contributed by atoms with E-state index in [1.165, 1.54) is 31.4 Å². The van der Waals surface area contributed by atoms with Gasteiger partial charge >= 0.3 is 11.7 Å². The molecule has 0 aliphatic rings. The summed E-state index contributed by atoms with van der Waals surface area (Å²) in [6, 6.07) is 3.84. The fourth-order valence-electron chi connectivity index (χ4n) is 1.17. The Hall–Kier alpha value is -2.24. The average Bonchev–Trinajstić information content (AvgIpc) is 2.30. The second kappa shape index (κ2) is 5.74. The zero-order valence-corrected chi connectivity index (χ0v) is 9.05. The first-order chi connectivity index (χ1) is 8.06. The van der Waals surface area contributed by atoms with E-state index >= 15 is 0 Å². The van der Waals surface area contributed by atoms with Gasteiger partial charge in [0.1, 0.15) is 0 Å². The zero-order valence-electron chi connectivity index (χ0n) is 9.05. The number of esters is 1. The van der Waals surface area contributed by atoms with Crippen LogP contribution in [0.1, 0.15) is 12.0 Å². The van der Waals surface area contributed by atoms with E-state index in [2.05, 4.69) is 4.74 Å². The van der Waals surface area contributed by atoms with E-state index in [1.54, 1.807) is 0 Å². The van der Waals surface area contributed by atoms with Crippen molar-refractivity contribution in [3.8, 4) is 0 Å². The summed E-state index contributed by atoms with van der Waals surface area (Å²) in [4.78, 5) is 20.5. The Balaban J connectivity index is 2.89. The molecule has 1 aromatic carbocycles. The summed E-state index contributed by atoms with van der Waals surface area (Å²) >= 11 is 0. The van der Waals surface area contributed by atoms with Crippen molar-refractivity contribution >= 4 is 17.7 Å². The SMILES string of the molecule is COC(=O)CC=Cc1cccc([N+](=O)[O-])c1F. The number of nitrogens with zero attached hydrogens (tertiary/aromatic N) is 1. The molecular formula is C11H10FNO4. The van der Waals surface area contributed by atoms with Crippen LogP contribution in [0.15, 0.2) is 24.3 Å². The normalized spacial score (nSPS) is 10.5. The van der Waals surface area contributed by atoms with Crippen LogP contribution in [0.25, 0.3) is 6.08 Å². The average molecular weight is 239 g/mol. The van der Waals surface area contributed by atoms with Crippen LogP contribution >= 0.6 is 0 Å². The number of halogens is 1. The molecule has 0 heterocycles. The molecule has 6 heteroatoms. The standard InChI is InChI=1S/C11H10FNO4/c1-17-10(14)7-3-5-8-4-2-6-9(11(8)12)13(15)16/h2-6H,7H2,1H3. The second-order valence-corrected chi connectivity index (χ2v) is 3.12. The van der Waals surface area contributed by atoms with E-state index in [-0.39, 0.29) is 12.0 Å². The van der Waals surface area contributed by atoms with Crippen molar-refractivity contribution in [1.29, 1.82) is 0 Å². The van der Waals surface area contributed by atoms with Crippen molar-refractivity contribution in [2.24, 2.45) is 0 Å². The Morgan fingerprint density at radius 2 is 2.29 bits per heavy atom. The molecule has 0 saturated carbocycles. The lowest BCUT2D eigenvalue weighted by atomic mass is 10.1. The number of hydrogen-bond donors (Lipinski definition) is 0. The molecule has 0 aliphatic carbocycles. The highest BCUT2D eigenvalue weighted by molar-refractivity contribution is 5.72. The van der Waals surface area contributed by atoms with Crippen molar-refractivity contribution in [1.82, 2.24) is 0 Å². The molecule has 0 bridgehead atoms. The lowest BCUT2D eigenvalue weighted by molar-refractivity contribution is -0.387. The van der Waals surface area contributed by atoms with Crippen LogP contribution in [-0.2, 0) is 9.53 Å². The van der Waals surface area contributed by atoms with Crippen LogP contribution in [0, 0.1) is 15.9 Å². The van der Waals surface area contributed by atoms with Gasteiger partial charge in [0.25, 0.3) is 0 Å². The maximum atomic E-state index is 13.5. The summed E-state index contributed by atoms with van der Waals surface area (Å²) in [7, 11) is 1.24. The molecule has 0 atom stereocenters. The smallest absolute Gasteiger partial charge is 0.309 e. The van der Waals surface area contributed by atoms with E-state index in [4.69, 9.17) is 0 Å². The minimum absolute atomic E-state index is 0.0152. The maximum Gasteiger partial charge on any atom is 0.309 e. The largest absolute Gasteiger partial charge is 0.469 e. The third-order valence-electron chi connectivity index (χ3n) is 2.01. The lowest BCUT2D eigenvalue weighted by Gasteiger charge is -1.98. The molecule has 0 unspecified atom stereocenters. The predicted octanol–water partition coefficient (Wildman–Crippen LogP) is 2.31. The first kappa shape index (κ1) is 12.8. The number of nitro benzene ring substituents is 1. The van der Waals surface area contributed by atoms with E-state index in [9.17, 15) is 19.3 Å². The lowest BCUT2D eigenvalue weighted by Crippen LogP contribution is -1.97. The summed E-state index contributed by atoms with van der Waals surface area (Å²) in [5.41, 5.74) is -0.534. The zero-order chi connectivity index (χ0) is 12.8. The molecule has 0 aliphatic heterocycles. The van der Waals surface area contributed by atoms with Gasteiger partial charge < -0.3 is 4.74 Å². The quantitative estimate of drug-likeness (QED) is 0.459. The van der Waals surface area contributed by atoms with Gasteiger partial charge in [0.2, 0.25) is 5.82 Å². The molecule has 1 rings (SSSR count). The Morgan fingerprint density at radius 1 is 1.59 bits per heavy atom. The Labute approximate surface area is 96.7 Å². The van der Waals surface area contributed by atoms with Gasteiger partial charge in [-0.1, -0.05) is 24.3 Å². The topological polar surface area (TPSA) is 69.4 Å². The first-order valence-electron chi connectivity index (χ1n) is 4.72. The third-order valence-corrected chi connectivity index (χ3v) is 2.01. The number of hydrogen-bond acceptors (Lipinski definition) is 4. The molecule has 0 amide bonds. The van der Waals surface area contributed by atoms with Gasteiger partial charge in [-0.05, 0) is 0 Å². The van der Waals surface area contributed by atoms with Crippen LogP contribution < -0.4 is 0 Å².